The molecular formula is C26H32N4O2. The fraction of sp³-hybridized carbons (Fsp3) is 0.577. The van der Waals surface area contributed by atoms with Crippen molar-refractivity contribution in [3.05, 3.63) is 53.5 Å². The Balaban J connectivity index is 1.29. The van der Waals surface area contributed by atoms with Gasteiger partial charge in [-0.1, -0.05) is 18.2 Å². The van der Waals surface area contributed by atoms with E-state index in [-0.39, 0.29) is 12.5 Å². The van der Waals surface area contributed by atoms with E-state index in [0.29, 0.717) is 25.7 Å². The number of hydrogen-bond acceptors (Lipinski definition) is 5. The number of nitrogens with zero attached hydrogens (tertiary/aromatic N) is 4. The molecule has 0 atom stereocenters. The third-order valence-corrected chi connectivity index (χ3v) is 8.44. The number of aromatic nitrogens is 2. The molecule has 2 aromatic rings. The maximum absolute atomic E-state index is 13.0. The van der Waals surface area contributed by atoms with Gasteiger partial charge in [0.25, 0.3) is 5.91 Å². The highest BCUT2D eigenvalue weighted by molar-refractivity contribution is 5.94. The fourth-order valence-electron chi connectivity index (χ4n) is 7.43. The predicted octanol–water partition coefficient (Wildman–Crippen LogP) is 3.30. The molecule has 6 nitrogen and oxygen atoms in total. The molecule has 4 aliphatic carbocycles. The van der Waals surface area contributed by atoms with Gasteiger partial charge in [0.2, 0.25) is 0 Å². The summed E-state index contributed by atoms with van der Waals surface area (Å²) in [7, 11) is 0. The van der Waals surface area contributed by atoms with Crippen LogP contribution in [0.4, 0.5) is 5.82 Å². The summed E-state index contributed by atoms with van der Waals surface area (Å²) < 4.78 is 0. The van der Waals surface area contributed by atoms with Crippen LogP contribution in [0.1, 0.15) is 53.7 Å². The third kappa shape index (κ3) is 3.40. The first-order valence-electron chi connectivity index (χ1n) is 12.3. The summed E-state index contributed by atoms with van der Waals surface area (Å²) in [5, 5.41) is 9.96. The van der Waals surface area contributed by atoms with E-state index in [2.05, 4.69) is 9.88 Å². The summed E-state index contributed by atoms with van der Waals surface area (Å²) in [5.41, 5.74) is 2.85. The molecule has 0 unspecified atom stereocenters. The van der Waals surface area contributed by atoms with Gasteiger partial charge in [0.05, 0.1) is 18.8 Å². The molecule has 6 heteroatoms. The summed E-state index contributed by atoms with van der Waals surface area (Å²) in [6.07, 6.45) is 9.22. The molecule has 0 saturated heterocycles. The third-order valence-electron chi connectivity index (χ3n) is 8.44. The molecule has 4 saturated carbocycles. The summed E-state index contributed by atoms with van der Waals surface area (Å²) >= 11 is 0. The zero-order valence-corrected chi connectivity index (χ0v) is 18.6. The minimum absolute atomic E-state index is 0.0599. The minimum atomic E-state index is 0.0599. The van der Waals surface area contributed by atoms with Crippen molar-refractivity contribution in [1.29, 1.82) is 0 Å². The Morgan fingerprint density at radius 3 is 2.44 bits per heavy atom. The van der Waals surface area contributed by atoms with Crippen LogP contribution in [0.15, 0.2) is 36.7 Å². The highest BCUT2D eigenvalue weighted by Crippen LogP contribution is 2.55. The molecule has 4 fully saturated rings. The van der Waals surface area contributed by atoms with Gasteiger partial charge in [0, 0.05) is 30.3 Å². The van der Waals surface area contributed by atoms with Gasteiger partial charge in [-0.2, -0.15) is 0 Å². The first-order chi connectivity index (χ1) is 15.7. The number of anilines is 1. The number of aliphatic hydroxyl groups excluding tert-OH is 1. The number of carbonyl (C=O) groups excluding carboxylic acids is 1. The van der Waals surface area contributed by atoms with E-state index in [0.717, 1.165) is 47.2 Å². The molecule has 0 spiro atoms. The molecule has 1 aromatic carbocycles. The number of fused-ring (bicyclic) bond motifs is 1. The Hall–Kier alpha value is -2.47. The van der Waals surface area contributed by atoms with Crippen LogP contribution in [0, 0.1) is 23.7 Å². The maximum atomic E-state index is 13.0. The summed E-state index contributed by atoms with van der Waals surface area (Å²) in [4.78, 5) is 26.7. The maximum Gasteiger partial charge on any atom is 0.254 e. The van der Waals surface area contributed by atoms with Gasteiger partial charge in [-0.3, -0.25) is 4.79 Å². The van der Waals surface area contributed by atoms with Crippen molar-refractivity contribution in [3.63, 3.8) is 0 Å². The minimum Gasteiger partial charge on any atom is -0.395 e. The van der Waals surface area contributed by atoms with Gasteiger partial charge in [0.1, 0.15) is 12.1 Å². The molecule has 168 valence electrons. The molecule has 1 aromatic heterocycles. The number of aliphatic hydroxyl groups is 1. The molecular weight excluding hydrogens is 400 g/mol. The topological polar surface area (TPSA) is 69.6 Å². The van der Waals surface area contributed by atoms with E-state index in [9.17, 15) is 9.90 Å². The Morgan fingerprint density at radius 1 is 1.03 bits per heavy atom. The smallest absolute Gasteiger partial charge is 0.254 e. The van der Waals surface area contributed by atoms with E-state index < -0.39 is 0 Å². The van der Waals surface area contributed by atoms with Crippen molar-refractivity contribution in [1.82, 2.24) is 14.9 Å². The largest absolute Gasteiger partial charge is 0.395 e. The standard InChI is InChI=1S/C26H32N4O2/c31-9-8-30(24-20-11-17-10-18(13-20)14-21(24)12-17)25-22-6-7-29(15-23(22)27-16-28-25)26(32)19-4-2-1-3-5-19/h1-5,16-18,20-21,24,31H,6-15H2. The Kier molecular flexibility index (Phi) is 5.13. The summed E-state index contributed by atoms with van der Waals surface area (Å²) in [6, 6.07) is 9.98. The van der Waals surface area contributed by atoms with Crippen molar-refractivity contribution in [2.24, 2.45) is 23.7 Å². The average molecular weight is 433 g/mol. The van der Waals surface area contributed by atoms with Crippen LogP contribution in [-0.2, 0) is 13.0 Å². The number of rotatable bonds is 5. The zero-order chi connectivity index (χ0) is 21.7. The van der Waals surface area contributed by atoms with E-state index in [4.69, 9.17) is 4.98 Å². The molecule has 0 radical (unpaired) electrons. The van der Waals surface area contributed by atoms with Crippen molar-refractivity contribution in [2.45, 2.75) is 51.1 Å². The van der Waals surface area contributed by atoms with Crippen molar-refractivity contribution < 1.29 is 9.90 Å². The highest BCUT2D eigenvalue weighted by Gasteiger charge is 2.50. The fourth-order valence-corrected chi connectivity index (χ4v) is 7.43. The lowest BCUT2D eigenvalue weighted by Crippen LogP contribution is -2.57. The number of hydrogen-bond donors (Lipinski definition) is 1. The molecule has 1 amide bonds. The SMILES string of the molecule is O=C(c1ccccc1)N1CCc2c(ncnc2N(CCO)C2C3CC4CC(C3)CC2C4)C1. The van der Waals surface area contributed by atoms with Crippen LogP contribution in [0.2, 0.25) is 0 Å². The summed E-state index contributed by atoms with van der Waals surface area (Å²) in [6.45, 7) is 1.96. The average Bonchev–Trinajstić information content (AvgIpc) is 2.82. The normalized spacial score (nSPS) is 30.3. The number of benzene rings is 1. The van der Waals surface area contributed by atoms with Gasteiger partial charge in [-0.15, -0.1) is 0 Å². The number of carbonyl (C=O) groups is 1. The monoisotopic (exact) mass is 432 g/mol. The van der Waals surface area contributed by atoms with Crippen LogP contribution in [-0.4, -0.2) is 51.6 Å². The van der Waals surface area contributed by atoms with Gasteiger partial charge < -0.3 is 14.9 Å². The van der Waals surface area contributed by atoms with Crippen LogP contribution < -0.4 is 4.90 Å². The van der Waals surface area contributed by atoms with Gasteiger partial charge in [0.15, 0.2) is 0 Å². The first-order valence-corrected chi connectivity index (χ1v) is 12.3. The van der Waals surface area contributed by atoms with Crippen molar-refractivity contribution in [2.75, 3.05) is 24.6 Å². The molecule has 5 aliphatic rings. The highest BCUT2D eigenvalue weighted by atomic mass is 16.3. The van der Waals surface area contributed by atoms with Gasteiger partial charge >= 0.3 is 0 Å². The second-order valence-electron chi connectivity index (χ2n) is 10.3. The zero-order valence-electron chi connectivity index (χ0n) is 18.6. The molecule has 1 aliphatic heterocycles. The molecule has 2 heterocycles. The van der Waals surface area contributed by atoms with Gasteiger partial charge in [-0.25, -0.2) is 9.97 Å². The Labute approximate surface area is 189 Å². The number of amides is 1. The molecule has 4 bridgehead atoms. The second kappa shape index (κ2) is 8.14. The molecule has 32 heavy (non-hydrogen) atoms. The van der Waals surface area contributed by atoms with E-state index in [1.54, 1.807) is 6.33 Å². The van der Waals surface area contributed by atoms with Crippen LogP contribution in [0.5, 0.6) is 0 Å². The van der Waals surface area contributed by atoms with Crippen LogP contribution in [0.3, 0.4) is 0 Å². The molecule has 7 rings (SSSR count). The quantitative estimate of drug-likeness (QED) is 0.785. The Bertz CT molecular complexity index is 967. The van der Waals surface area contributed by atoms with E-state index in [1.165, 1.54) is 37.7 Å². The lowest BCUT2D eigenvalue weighted by Gasteiger charge is -2.57. The van der Waals surface area contributed by atoms with Crippen LogP contribution in [0.25, 0.3) is 0 Å². The first kappa shape index (κ1) is 20.2. The van der Waals surface area contributed by atoms with E-state index >= 15 is 0 Å². The lowest BCUT2D eigenvalue weighted by molar-refractivity contribution is -0.00396. The lowest BCUT2D eigenvalue weighted by atomic mass is 9.54. The molecule has 1 N–H and O–H groups in total. The van der Waals surface area contributed by atoms with E-state index in [1.807, 2.05) is 35.2 Å². The second-order valence-corrected chi connectivity index (χ2v) is 10.3. The Morgan fingerprint density at radius 2 is 1.75 bits per heavy atom. The van der Waals surface area contributed by atoms with Crippen molar-refractivity contribution >= 4 is 11.7 Å². The van der Waals surface area contributed by atoms with Crippen LogP contribution >= 0.6 is 0 Å². The summed E-state index contributed by atoms with van der Waals surface area (Å²) in [5.74, 6) is 4.35. The van der Waals surface area contributed by atoms with Gasteiger partial charge in [-0.05, 0) is 74.3 Å². The predicted molar refractivity (Wildman–Crippen MR) is 122 cm³/mol. The van der Waals surface area contributed by atoms with Crippen molar-refractivity contribution in [3.8, 4) is 0 Å².